The number of hydrogen-bond donors (Lipinski definition) is 2. The van der Waals surface area contributed by atoms with Gasteiger partial charge in [-0.15, -0.1) is 0 Å². The molecule has 1 atom stereocenters. The van der Waals surface area contributed by atoms with E-state index in [9.17, 15) is 9.90 Å². The van der Waals surface area contributed by atoms with Crippen molar-refractivity contribution in [2.45, 2.75) is 46.5 Å². The molecule has 0 aliphatic carbocycles. The van der Waals surface area contributed by atoms with Crippen LogP contribution in [0.2, 0.25) is 0 Å². The molecular weight excluding hydrogens is 226 g/mol. The van der Waals surface area contributed by atoms with E-state index in [1.165, 1.54) is 0 Å². The van der Waals surface area contributed by atoms with Gasteiger partial charge in [0.05, 0.1) is 5.69 Å². The first-order chi connectivity index (χ1) is 8.58. The van der Waals surface area contributed by atoms with E-state index >= 15 is 0 Å². The number of aryl methyl sites for hydroxylation is 1. The number of carbonyl (C=O) groups excluding carboxylic acids is 1. The molecule has 0 aliphatic heterocycles. The first-order valence-corrected chi connectivity index (χ1v) is 6.69. The van der Waals surface area contributed by atoms with Crippen LogP contribution in [0.5, 0.6) is 5.75 Å². The molecule has 1 amide bonds. The van der Waals surface area contributed by atoms with Crippen LogP contribution in [0.1, 0.15) is 45.1 Å². The van der Waals surface area contributed by atoms with E-state index in [-0.39, 0.29) is 17.6 Å². The molecule has 0 radical (unpaired) electrons. The Hall–Kier alpha value is -1.51. The van der Waals surface area contributed by atoms with Crippen molar-refractivity contribution in [3.63, 3.8) is 0 Å². The minimum Gasteiger partial charge on any atom is -0.506 e. The zero-order valence-electron chi connectivity index (χ0n) is 11.5. The minimum atomic E-state index is 0.00634. The van der Waals surface area contributed by atoms with Crippen LogP contribution >= 0.6 is 0 Å². The van der Waals surface area contributed by atoms with Gasteiger partial charge in [-0.3, -0.25) is 4.79 Å². The van der Waals surface area contributed by atoms with E-state index in [4.69, 9.17) is 0 Å². The summed E-state index contributed by atoms with van der Waals surface area (Å²) in [4.78, 5) is 12.1. The lowest BCUT2D eigenvalue weighted by Crippen LogP contribution is -2.22. The maximum atomic E-state index is 12.1. The van der Waals surface area contributed by atoms with Crippen LogP contribution in [0.25, 0.3) is 0 Å². The molecule has 0 aromatic heterocycles. The highest BCUT2D eigenvalue weighted by molar-refractivity contribution is 5.93. The highest BCUT2D eigenvalue weighted by Crippen LogP contribution is 2.25. The molecule has 0 saturated heterocycles. The van der Waals surface area contributed by atoms with Crippen LogP contribution in [-0.4, -0.2) is 11.0 Å². The summed E-state index contributed by atoms with van der Waals surface area (Å²) < 4.78 is 0. The van der Waals surface area contributed by atoms with E-state index < -0.39 is 0 Å². The lowest BCUT2D eigenvalue weighted by atomic mass is 9.98. The molecule has 0 heterocycles. The summed E-state index contributed by atoms with van der Waals surface area (Å²) in [6, 6.07) is 5.22. The topological polar surface area (TPSA) is 49.3 Å². The van der Waals surface area contributed by atoms with Crippen molar-refractivity contribution in [2.75, 3.05) is 5.32 Å². The first-order valence-electron chi connectivity index (χ1n) is 6.69. The third kappa shape index (κ3) is 4.06. The summed E-state index contributed by atoms with van der Waals surface area (Å²) in [5.41, 5.74) is 1.53. The quantitative estimate of drug-likeness (QED) is 0.752. The first kappa shape index (κ1) is 14.6. The monoisotopic (exact) mass is 249 g/mol. The zero-order valence-corrected chi connectivity index (χ0v) is 11.5. The number of carbonyl (C=O) groups is 1. The molecule has 1 aromatic carbocycles. The molecule has 0 spiro atoms. The highest BCUT2D eigenvalue weighted by Gasteiger charge is 2.17. The predicted molar refractivity (Wildman–Crippen MR) is 74.8 cm³/mol. The third-order valence-corrected chi connectivity index (χ3v) is 3.18. The molecule has 1 aromatic rings. The van der Waals surface area contributed by atoms with Crippen molar-refractivity contribution < 1.29 is 9.90 Å². The molecule has 0 saturated carbocycles. The largest absolute Gasteiger partial charge is 0.506 e. The van der Waals surface area contributed by atoms with Crippen molar-refractivity contribution in [3.05, 3.63) is 23.8 Å². The van der Waals surface area contributed by atoms with Gasteiger partial charge in [-0.2, -0.15) is 0 Å². The van der Waals surface area contributed by atoms with Gasteiger partial charge in [-0.25, -0.2) is 0 Å². The number of phenolic OH excluding ortho intramolecular Hbond substituents is 1. The minimum absolute atomic E-state index is 0.00634. The van der Waals surface area contributed by atoms with Crippen LogP contribution < -0.4 is 5.32 Å². The number of aromatic hydroxyl groups is 1. The molecule has 2 N–H and O–H groups in total. The zero-order chi connectivity index (χ0) is 13.5. The number of amides is 1. The summed E-state index contributed by atoms with van der Waals surface area (Å²) >= 11 is 0. The summed E-state index contributed by atoms with van der Waals surface area (Å²) in [6.45, 7) is 6.08. The maximum absolute atomic E-state index is 12.1. The van der Waals surface area contributed by atoms with Gasteiger partial charge in [0, 0.05) is 5.92 Å². The fourth-order valence-electron chi connectivity index (χ4n) is 1.96. The highest BCUT2D eigenvalue weighted by atomic mass is 16.3. The van der Waals surface area contributed by atoms with Crippen molar-refractivity contribution in [1.29, 1.82) is 0 Å². The smallest absolute Gasteiger partial charge is 0.227 e. The fourth-order valence-corrected chi connectivity index (χ4v) is 1.96. The molecular formula is C15H23NO2. The Labute approximate surface area is 109 Å². The number of benzene rings is 1. The Morgan fingerprint density at radius 3 is 2.72 bits per heavy atom. The number of unbranched alkanes of at least 4 members (excludes halogenated alkanes) is 1. The summed E-state index contributed by atoms with van der Waals surface area (Å²) in [7, 11) is 0. The van der Waals surface area contributed by atoms with Crippen molar-refractivity contribution in [3.8, 4) is 5.75 Å². The number of hydrogen-bond acceptors (Lipinski definition) is 2. The summed E-state index contributed by atoms with van der Waals surface area (Å²) in [5.74, 6) is 0.163. The van der Waals surface area contributed by atoms with E-state index in [2.05, 4.69) is 12.2 Å². The van der Waals surface area contributed by atoms with Crippen LogP contribution in [0.4, 0.5) is 5.69 Å². The molecule has 100 valence electrons. The second-order valence-electron chi connectivity index (χ2n) is 4.76. The molecule has 3 nitrogen and oxygen atoms in total. The molecule has 0 fully saturated rings. The van der Waals surface area contributed by atoms with Crippen LogP contribution in [0.3, 0.4) is 0 Å². The van der Waals surface area contributed by atoms with E-state index in [0.29, 0.717) is 5.69 Å². The van der Waals surface area contributed by atoms with E-state index in [0.717, 1.165) is 31.2 Å². The second-order valence-corrected chi connectivity index (χ2v) is 4.76. The van der Waals surface area contributed by atoms with Gasteiger partial charge in [0.1, 0.15) is 5.75 Å². The molecule has 0 bridgehead atoms. The Morgan fingerprint density at radius 1 is 1.39 bits per heavy atom. The Balaban J connectivity index is 2.70. The number of nitrogens with one attached hydrogen (secondary N) is 1. The average Bonchev–Trinajstić information content (AvgIpc) is 2.35. The summed E-state index contributed by atoms with van der Waals surface area (Å²) in [6.07, 6.45) is 3.90. The Morgan fingerprint density at radius 2 is 2.11 bits per heavy atom. The number of anilines is 1. The lowest BCUT2D eigenvalue weighted by Gasteiger charge is -2.15. The van der Waals surface area contributed by atoms with Gasteiger partial charge in [0.15, 0.2) is 0 Å². The Kier molecular flexibility index (Phi) is 5.69. The van der Waals surface area contributed by atoms with Gasteiger partial charge >= 0.3 is 0 Å². The molecule has 18 heavy (non-hydrogen) atoms. The number of rotatable bonds is 6. The van der Waals surface area contributed by atoms with E-state index in [1.807, 2.05) is 19.9 Å². The molecule has 1 unspecified atom stereocenters. The van der Waals surface area contributed by atoms with Crippen molar-refractivity contribution in [2.24, 2.45) is 5.92 Å². The van der Waals surface area contributed by atoms with Crippen molar-refractivity contribution in [1.82, 2.24) is 0 Å². The molecule has 0 aliphatic rings. The van der Waals surface area contributed by atoms with Gasteiger partial charge in [0.25, 0.3) is 0 Å². The van der Waals surface area contributed by atoms with Crippen LogP contribution in [0, 0.1) is 12.8 Å². The summed E-state index contributed by atoms with van der Waals surface area (Å²) in [5, 5.41) is 12.5. The second kappa shape index (κ2) is 7.04. The molecule has 3 heteroatoms. The van der Waals surface area contributed by atoms with E-state index in [1.54, 1.807) is 12.1 Å². The van der Waals surface area contributed by atoms with Crippen molar-refractivity contribution >= 4 is 11.6 Å². The lowest BCUT2D eigenvalue weighted by molar-refractivity contribution is -0.120. The number of phenols is 1. The normalized spacial score (nSPS) is 12.2. The van der Waals surface area contributed by atoms with Gasteiger partial charge in [-0.05, 0) is 37.5 Å². The van der Waals surface area contributed by atoms with Crippen LogP contribution in [0.15, 0.2) is 18.2 Å². The third-order valence-electron chi connectivity index (χ3n) is 3.18. The van der Waals surface area contributed by atoms with Crippen LogP contribution in [-0.2, 0) is 4.79 Å². The fraction of sp³-hybridized carbons (Fsp3) is 0.533. The SMILES string of the molecule is CCCCC(CC)C(=O)Nc1cc(C)ccc1O. The van der Waals surface area contributed by atoms with Gasteiger partial charge in [-0.1, -0.05) is 32.8 Å². The standard InChI is InChI=1S/C15H23NO2/c1-4-6-7-12(5-2)15(18)16-13-10-11(3)8-9-14(13)17/h8-10,12,17H,4-7H2,1-3H3,(H,16,18). The van der Waals surface area contributed by atoms with Gasteiger partial charge < -0.3 is 10.4 Å². The molecule has 1 rings (SSSR count). The Bertz CT molecular complexity index is 401. The maximum Gasteiger partial charge on any atom is 0.227 e. The van der Waals surface area contributed by atoms with Gasteiger partial charge in [0.2, 0.25) is 5.91 Å². The average molecular weight is 249 g/mol. The predicted octanol–water partition coefficient (Wildman–Crippen LogP) is 3.86.